The van der Waals surface area contributed by atoms with E-state index in [-0.39, 0.29) is 0 Å². The Morgan fingerprint density at radius 1 is 0.714 bits per heavy atom. The molecule has 0 amide bonds. The fourth-order valence-electron chi connectivity index (χ4n) is 3.42. The molecule has 0 atom stereocenters. The molecule has 136 valence electrons. The van der Waals surface area contributed by atoms with Crippen LogP contribution >= 0.6 is 0 Å². The lowest BCUT2D eigenvalue weighted by Gasteiger charge is -2.09. The maximum atomic E-state index is 4.98. The Bertz CT molecular complexity index is 1200. The molecule has 0 aliphatic carbocycles. The smallest absolute Gasteiger partial charge is 0.239 e. The van der Waals surface area contributed by atoms with Crippen molar-refractivity contribution in [1.29, 1.82) is 0 Å². The van der Waals surface area contributed by atoms with Crippen molar-refractivity contribution in [3.63, 3.8) is 0 Å². The average molecular weight is 366 g/mol. The number of rotatable bonds is 4. The SMILES string of the molecule is Cn1c(-n2ncnc2-n2cccc2)nc(-c2ccccc2)c1-c1ccccc1. The summed E-state index contributed by atoms with van der Waals surface area (Å²) < 4.78 is 5.75. The Morgan fingerprint density at radius 2 is 1.36 bits per heavy atom. The molecule has 0 radical (unpaired) electrons. The Hall–Kier alpha value is -3.93. The van der Waals surface area contributed by atoms with Gasteiger partial charge in [-0.3, -0.25) is 4.57 Å². The van der Waals surface area contributed by atoms with Gasteiger partial charge in [-0.15, -0.1) is 0 Å². The van der Waals surface area contributed by atoms with Gasteiger partial charge in [0.25, 0.3) is 0 Å². The van der Waals surface area contributed by atoms with Crippen molar-refractivity contribution in [3.8, 4) is 34.4 Å². The van der Waals surface area contributed by atoms with Crippen LogP contribution in [0.25, 0.3) is 34.4 Å². The molecule has 6 nitrogen and oxygen atoms in total. The van der Waals surface area contributed by atoms with Crippen molar-refractivity contribution in [2.75, 3.05) is 0 Å². The summed E-state index contributed by atoms with van der Waals surface area (Å²) >= 11 is 0. The van der Waals surface area contributed by atoms with Gasteiger partial charge in [-0.1, -0.05) is 60.7 Å². The molecule has 0 fully saturated rings. The number of benzene rings is 2. The van der Waals surface area contributed by atoms with E-state index in [1.54, 1.807) is 11.0 Å². The van der Waals surface area contributed by atoms with Gasteiger partial charge in [0, 0.05) is 30.6 Å². The zero-order chi connectivity index (χ0) is 18.9. The summed E-state index contributed by atoms with van der Waals surface area (Å²) in [6, 6.07) is 24.4. The largest absolute Gasteiger partial charge is 0.311 e. The third-order valence-corrected chi connectivity index (χ3v) is 4.72. The molecule has 0 aliphatic heterocycles. The molecule has 0 unspecified atom stereocenters. The molecule has 0 aliphatic rings. The van der Waals surface area contributed by atoms with E-state index in [2.05, 4.69) is 38.9 Å². The van der Waals surface area contributed by atoms with Crippen LogP contribution in [0.4, 0.5) is 0 Å². The zero-order valence-electron chi connectivity index (χ0n) is 15.3. The number of hydrogen-bond donors (Lipinski definition) is 0. The second-order valence-corrected chi connectivity index (χ2v) is 6.46. The van der Waals surface area contributed by atoms with Crippen LogP contribution < -0.4 is 0 Å². The molecule has 2 aromatic carbocycles. The summed E-state index contributed by atoms with van der Waals surface area (Å²) in [5.41, 5.74) is 4.12. The third kappa shape index (κ3) is 2.63. The fraction of sp³-hybridized carbons (Fsp3) is 0.0455. The van der Waals surface area contributed by atoms with Gasteiger partial charge >= 0.3 is 0 Å². The van der Waals surface area contributed by atoms with Crippen molar-refractivity contribution in [3.05, 3.63) is 91.5 Å². The summed E-state index contributed by atoms with van der Waals surface area (Å²) in [7, 11) is 2.01. The predicted molar refractivity (Wildman–Crippen MR) is 108 cm³/mol. The minimum atomic E-state index is 0.692. The minimum Gasteiger partial charge on any atom is -0.311 e. The summed E-state index contributed by atoms with van der Waals surface area (Å²) in [5.74, 6) is 1.40. The van der Waals surface area contributed by atoms with Crippen LogP contribution in [0.3, 0.4) is 0 Å². The molecule has 0 spiro atoms. The molecule has 5 rings (SSSR count). The van der Waals surface area contributed by atoms with Crippen LogP contribution in [0, 0.1) is 0 Å². The first kappa shape index (κ1) is 16.3. The van der Waals surface area contributed by atoms with E-state index in [0.717, 1.165) is 22.5 Å². The lowest BCUT2D eigenvalue weighted by atomic mass is 10.1. The number of imidazole rings is 1. The van der Waals surface area contributed by atoms with E-state index >= 15 is 0 Å². The predicted octanol–water partition coefficient (Wildman–Crippen LogP) is 4.13. The van der Waals surface area contributed by atoms with Gasteiger partial charge in [-0.25, -0.2) is 4.98 Å². The normalized spacial score (nSPS) is 11.0. The van der Waals surface area contributed by atoms with Crippen molar-refractivity contribution in [1.82, 2.24) is 28.9 Å². The van der Waals surface area contributed by atoms with Gasteiger partial charge < -0.3 is 4.57 Å². The standard InChI is InChI=1S/C22H18N6/c1-26-20(18-12-6-3-7-13-18)19(17-10-4-2-5-11-17)25-22(26)28-21(23-16-24-28)27-14-8-9-15-27/h2-16H,1H3. The van der Waals surface area contributed by atoms with Gasteiger partial charge in [-0.05, 0) is 12.1 Å². The van der Waals surface area contributed by atoms with E-state index in [4.69, 9.17) is 4.98 Å². The van der Waals surface area contributed by atoms with Gasteiger partial charge in [0.1, 0.15) is 6.33 Å². The second-order valence-electron chi connectivity index (χ2n) is 6.46. The molecular weight excluding hydrogens is 348 g/mol. The van der Waals surface area contributed by atoms with Gasteiger partial charge in [0.05, 0.1) is 11.4 Å². The highest BCUT2D eigenvalue weighted by Gasteiger charge is 2.21. The molecule has 6 heteroatoms. The van der Waals surface area contributed by atoms with Gasteiger partial charge in [0.15, 0.2) is 0 Å². The summed E-state index contributed by atoms with van der Waals surface area (Å²) in [6.07, 6.45) is 5.44. The van der Waals surface area contributed by atoms with Crippen molar-refractivity contribution >= 4 is 0 Å². The highest BCUT2D eigenvalue weighted by Crippen LogP contribution is 2.33. The highest BCUT2D eigenvalue weighted by molar-refractivity contribution is 5.79. The average Bonchev–Trinajstić information content (AvgIpc) is 3.48. The summed E-state index contributed by atoms with van der Waals surface area (Å²) in [4.78, 5) is 9.40. The zero-order valence-corrected chi connectivity index (χ0v) is 15.3. The fourth-order valence-corrected chi connectivity index (χ4v) is 3.42. The molecule has 3 heterocycles. The monoisotopic (exact) mass is 366 g/mol. The molecule has 3 aromatic heterocycles. The van der Waals surface area contributed by atoms with E-state index in [0.29, 0.717) is 11.9 Å². The van der Waals surface area contributed by atoms with Crippen LogP contribution in [-0.4, -0.2) is 28.9 Å². The van der Waals surface area contributed by atoms with Crippen LogP contribution in [0.5, 0.6) is 0 Å². The van der Waals surface area contributed by atoms with Crippen LogP contribution in [0.15, 0.2) is 91.5 Å². The molecule has 0 bridgehead atoms. The maximum Gasteiger partial charge on any atom is 0.239 e. The van der Waals surface area contributed by atoms with Gasteiger partial charge in [0.2, 0.25) is 11.9 Å². The molecule has 0 saturated carbocycles. The Balaban J connectivity index is 1.76. The molecule has 5 aromatic rings. The first-order valence-electron chi connectivity index (χ1n) is 9.04. The quantitative estimate of drug-likeness (QED) is 0.481. The molecular formula is C22H18N6. The van der Waals surface area contributed by atoms with E-state index in [1.807, 2.05) is 72.5 Å². The van der Waals surface area contributed by atoms with E-state index in [1.165, 1.54) is 0 Å². The molecule has 0 saturated heterocycles. The van der Waals surface area contributed by atoms with Gasteiger partial charge in [-0.2, -0.15) is 14.8 Å². The maximum absolute atomic E-state index is 4.98. The second kappa shape index (κ2) is 6.66. The lowest BCUT2D eigenvalue weighted by molar-refractivity contribution is 0.725. The first-order valence-corrected chi connectivity index (χ1v) is 9.04. The lowest BCUT2D eigenvalue weighted by Crippen LogP contribution is -2.10. The number of aromatic nitrogens is 6. The highest BCUT2D eigenvalue weighted by atomic mass is 15.5. The molecule has 28 heavy (non-hydrogen) atoms. The van der Waals surface area contributed by atoms with Crippen LogP contribution in [0.2, 0.25) is 0 Å². The number of nitrogens with zero attached hydrogens (tertiary/aromatic N) is 6. The summed E-state index contributed by atoms with van der Waals surface area (Å²) in [6.45, 7) is 0. The van der Waals surface area contributed by atoms with E-state index < -0.39 is 0 Å². The molecule has 0 N–H and O–H groups in total. The van der Waals surface area contributed by atoms with Crippen molar-refractivity contribution in [2.45, 2.75) is 0 Å². The minimum absolute atomic E-state index is 0.692. The Kier molecular flexibility index (Phi) is 3.87. The topological polar surface area (TPSA) is 53.5 Å². The Labute approximate surface area is 162 Å². The van der Waals surface area contributed by atoms with Crippen LogP contribution in [-0.2, 0) is 7.05 Å². The van der Waals surface area contributed by atoms with Crippen molar-refractivity contribution in [2.24, 2.45) is 7.05 Å². The van der Waals surface area contributed by atoms with E-state index in [9.17, 15) is 0 Å². The first-order chi connectivity index (χ1) is 13.8. The van der Waals surface area contributed by atoms with Crippen LogP contribution in [0.1, 0.15) is 0 Å². The summed E-state index contributed by atoms with van der Waals surface area (Å²) in [5, 5.41) is 4.45. The van der Waals surface area contributed by atoms with Crippen molar-refractivity contribution < 1.29 is 0 Å². The number of hydrogen-bond acceptors (Lipinski definition) is 3. The Morgan fingerprint density at radius 3 is 2.04 bits per heavy atom. The third-order valence-electron chi connectivity index (χ3n) is 4.72.